The van der Waals surface area contributed by atoms with Crippen molar-refractivity contribution in [1.29, 1.82) is 0 Å². The average molecular weight is 372 g/mol. The molecule has 1 N–H and O–H groups in total. The molecule has 2 heterocycles. The largest absolute Gasteiger partial charge is 0.481 e. The summed E-state index contributed by atoms with van der Waals surface area (Å²) in [7, 11) is 0. The number of aromatic nitrogens is 1. The van der Waals surface area contributed by atoms with Gasteiger partial charge in [0.2, 0.25) is 0 Å². The van der Waals surface area contributed by atoms with Crippen molar-refractivity contribution in [3.8, 4) is 5.75 Å². The lowest BCUT2D eigenvalue weighted by Crippen LogP contribution is -2.35. The Morgan fingerprint density at radius 2 is 2.19 bits per heavy atom. The number of carbonyl (C=O) groups is 1. The Kier molecular flexibility index (Phi) is 5.37. The van der Waals surface area contributed by atoms with Crippen molar-refractivity contribution in [2.45, 2.75) is 39.8 Å². The second kappa shape index (κ2) is 7.70. The Morgan fingerprint density at radius 1 is 1.38 bits per heavy atom. The maximum Gasteiger partial charge on any atom is 0.336 e. The van der Waals surface area contributed by atoms with Crippen LogP contribution in [0.25, 0.3) is 11.0 Å². The Morgan fingerprint density at radius 3 is 2.88 bits per heavy atom. The molecular weight excluding hydrogens is 352 g/mol. The number of nitrogens with zero attached hydrogens (tertiary/aromatic N) is 1. The molecule has 0 saturated carbocycles. The summed E-state index contributed by atoms with van der Waals surface area (Å²) in [6, 6.07) is 6.76. The highest BCUT2D eigenvalue weighted by atomic mass is 32.1. The zero-order valence-electron chi connectivity index (χ0n) is 14.9. The molecule has 3 rings (SSSR count). The summed E-state index contributed by atoms with van der Waals surface area (Å²) >= 11 is 1.50. The fourth-order valence-corrected chi connectivity index (χ4v) is 3.34. The van der Waals surface area contributed by atoms with Gasteiger partial charge in [0.05, 0.1) is 6.54 Å². The van der Waals surface area contributed by atoms with Crippen molar-refractivity contribution in [2.75, 3.05) is 0 Å². The molecule has 6 nitrogen and oxygen atoms in total. The zero-order chi connectivity index (χ0) is 18.7. The fraction of sp³-hybridized carbons (Fsp3) is 0.316. The van der Waals surface area contributed by atoms with E-state index in [0.29, 0.717) is 17.9 Å². The molecule has 136 valence electrons. The fourth-order valence-electron chi connectivity index (χ4n) is 2.62. The Bertz CT molecular complexity index is 993. The molecule has 0 bridgehead atoms. The third-order valence-corrected chi connectivity index (χ3v) is 4.91. The second-order valence-electron chi connectivity index (χ2n) is 5.96. The molecule has 0 aliphatic carbocycles. The topological polar surface area (TPSA) is 81.4 Å². The molecule has 0 fully saturated rings. The van der Waals surface area contributed by atoms with Crippen LogP contribution < -0.4 is 15.7 Å². The van der Waals surface area contributed by atoms with Gasteiger partial charge in [0.1, 0.15) is 16.3 Å². The van der Waals surface area contributed by atoms with Gasteiger partial charge in [-0.2, -0.15) is 0 Å². The van der Waals surface area contributed by atoms with Crippen LogP contribution in [0.5, 0.6) is 5.75 Å². The van der Waals surface area contributed by atoms with Crippen LogP contribution in [0.1, 0.15) is 30.1 Å². The number of rotatable bonds is 6. The first-order chi connectivity index (χ1) is 12.5. The van der Waals surface area contributed by atoms with Crippen LogP contribution in [0, 0.1) is 6.92 Å². The third kappa shape index (κ3) is 4.11. The van der Waals surface area contributed by atoms with Crippen LogP contribution in [-0.2, 0) is 17.8 Å². The predicted molar refractivity (Wildman–Crippen MR) is 101 cm³/mol. The number of fused-ring (bicyclic) bond motifs is 1. The highest BCUT2D eigenvalue weighted by Gasteiger charge is 2.16. The van der Waals surface area contributed by atoms with Gasteiger partial charge in [0, 0.05) is 28.6 Å². The normalized spacial score (nSPS) is 12.1. The maximum absolute atomic E-state index is 12.2. The van der Waals surface area contributed by atoms with E-state index in [1.807, 2.05) is 25.3 Å². The lowest BCUT2D eigenvalue weighted by molar-refractivity contribution is -0.127. The standard InChI is InChI=1S/C19H20N2O4S/c1-4-13-7-18(22)25-16-8-14(5-6-15(13)16)24-12(3)19(23)20-9-17-21-11(2)10-26-17/h5-8,10,12H,4,9H2,1-3H3,(H,20,23)/t12-/m1/s1. The number of amides is 1. The number of thiazole rings is 1. The molecule has 3 aromatic rings. The molecule has 0 aliphatic rings. The number of nitrogens with one attached hydrogen (secondary N) is 1. The molecule has 0 aliphatic heterocycles. The summed E-state index contributed by atoms with van der Waals surface area (Å²) in [5.74, 6) is 0.239. The van der Waals surface area contributed by atoms with E-state index in [4.69, 9.17) is 9.15 Å². The van der Waals surface area contributed by atoms with E-state index in [1.165, 1.54) is 17.4 Å². The van der Waals surface area contributed by atoms with Crippen molar-refractivity contribution in [1.82, 2.24) is 10.3 Å². The van der Waals surface area contributed by atoms with Gasteiger partial charge < -0.3 is 14.5 Å². The second-order valence-corrected chi connectivity index (χ2v) is 6.91. The SMILES string of the molecule is CCc1cc(=O)oc2cc(O[C@H](C)C(=O)NCc3nc(C)cs3)ccc12. The van der Waals surface area contributed by atoms with Crippen molar-refractivity contribution in [3.05, 3.63) is 56.3 Å². The number of carbonyl (C=O) groups excluding carboxylic acids is 1. The van der Waals surface area contributed by atoms with E-state index >= 15 is 0 Å². The summed E-state index contributed by atoms with van der Waals surface area (Å²) in [6.07, 6.45) is 0.0479. The van der Waals surface area contributed by atoms with Crippen LogP contribution in [0.4, 0.5) is 0 Å². The van der Waals surface area contributed by atoms with E-state index in [0.717, 1.165) is 28.1 Å². The maximum atomic E-state index is 12.2. The summed E-state index contributed by atoms with van der Waals surface area (Å²) in [5.41, 5.74) is 1.92. The average Bonchev–Trinajstić information content (AvgIpc) is 3.03. The van der Waals surface area contributed by atoms with Gasteiger partial charge in [-0.15, -0.1) is 11.3 Å². The molecular formula is C19H20N2O4S. The first-order valence-corrected chi connectivity index (χ1v) is 9.26. The minimum absolute atomic E-state index is 0.235. The molecule has 0 saturated heterocycles. The molecule has 1 aromatic carbocycles. The molecule has 26 heavy (non-hydrogen) atoms. The Labute approximate surface area is 154 Å². The van der Waals surface area contributed by atoms with Gasteiger partial charge in [-0.25, -0.2) is 9.78 Å². The smallest absolute Gasteiger partial charge is 0.336 e. The van der Waals surface area contributed by atoms with E-state index in [1.54, 1.807) is 19.1 Å². The lowest BCUT2D eigenvalue weighted by atomic mass is 10.1. The summed E-state index contributed by atoms with van der Waals surface area (Å²) in [6.45, 7) is 5.94. The summed E-state index contributed by atoms with van der Waals surface area (Å²) < 4.78 is 11.0. The quantitative estimate of drug-likeness (QED) is 0.672. The first-order valence-electron chi connectivity index (χ1n) is 8.38. The summed E-state index contributed by atoms with van der Waals surface area (Å²) in [4.78, 5) is 28.2. The summed E-state index contributed by atoms with van der Waals surface area (Å²) in [5, 5.41) is 6.47. The molecule has 0 unspecified atom stereocenters. The van der Waals surface area contributed by atoms with Crippen molar-refractivity contribution >= 4 is 28.2 Å². The molecule has 0 radical (unpaired) electrons. The number of aryl methyl sites for hydroxylation is 2. The van der Waals surface area contributed by atoms with Crippen molar-refractivity contribution in [3.63, 3.8) is 0 Å². The van der Waals surface area contributed by atoms with Crippen LogP contribution in [0.2, 0.25) is 0 Å². The van der Waals surface area contributed by atoms with Gasteiger partial charge in [-0.3, -0.25) is 4.79 Å². The number of hydrogen-bond acceptors (Lipinski definition) is 6. The molecule has 2 aromatic heterocycles. The zero-order valence-corrected chi connectivity index (χ0v) is 15.7. The van der Waals surface area contributed by atoms with Crippen molar-refractivity contribution in [2.24, 2.45) is 0 Å². The monoisotopic (exact) mass is 372 g/mol. The van der Waals surface area contributed by atoms with Crippen LogP contribution in [-0.4, -0.2) is 17.0 Å². The molecule has 1 amide bonds. The lowest BCUT2D eigenvalue weighted by Gasteiger charge is -2.14. The molecule has 0 spiro atoms. The first kappa shape index (κ1) is 18.1. The van der Waals surface area contributed by atoms with Gasteiger partial charge in [0.25, 0.3) is 5.91 Å². The van der Waals surface area contributed by atoms with Crippen molar-refractivity contribution < 1.29 is 13.9 Å². The highest BCUT2D eigenvalue weighted by molar-refractivity contribution is 7.09. The van der Waals surface area contributed by atoms with Gasteiger partial charge in [-0.1, -0.05) is 6.92 Å². The van der Waals surface area contributed by atoms with Gasteiger partial charge in [0.15, 0.2) is 6.10 Å². The predicted octanol–water partition coefficient (Wildman–Crippen LogP) is 3.20. The minimum Gasteiger partial charge on any atom is -0.481 e. The van der Waals surface area contributed by atoms with E-state index in [2.05, 4.69) is 10.3 Å². The van der Waals surface area contributed by atoms with E-state index in [-0.39, 0.29) is 5.91 Å². The number of ether oxygens (including phenoxy) is 1. The number of hydrogen-bond donors (Lipinski definition) is 1. The van der Waals surface area contributed by atoms with E-state index < -0.39 is 11.7 Å². The van der Waals surface area contributed by atoms with Crippen LogP contribution in [0.3, 0.4) is 0 Å². The highest BCUT2D eigenvalue weighted by Crippen LogP contribution is 2.23. The van der Waals surface area contributed by atoms with Gasteiger partial charge in [-0.05, 0) is 38.0 Å². The molecule has 1 atom stereocenters. The Balaban J connectivity index is 1.69. The number of benzene rings is 1. The van der Waals surface area contributed by atoms with Crippen LogP contribution in [0.15, 0.2) is 38.9 Å². The molecule has 7 heteroatoms. The third-order valence-electron chi connectivity index (χ3n) is 3.95. The van der Waals surface area contributed by atoms with Gasteiger partial charge >= 0.3 is 5.63 Å². The Hall–Kier alpha value is -2.67. The van der Waals surface area contributed by atoms with E-state index in [9.17, 15) is 9.59 Å². The van der Waals surface area contributed by atoms with Crippen LogP contribution >= 0.6 is 11.3 Å². The minimum atomic E-state index is -0.686.